The van der Waals surface area contributed by atoms with E-state index in [1.807, 2.05) is 0 Å². The van der Waals surface area contributed by atoms with E-state index in [2.05, 4.69) is 18.5 Å². The van der Waals surface area contributed by atoms with Crippen LogP contribution in [-0.4, -0.2) is 40.4 Å². The molecule has 8 nitrogen and oxygen atoms in total. The number of hydrogen-bond donors (Lipinski definition) is 0. The van der Waals surface area contributed by atoms with Gasteiger partial charge < -0.3 is 14.0 Å². The van der Waals surface area contributed by atoms with Crippen LogP contribution < -0.4 is 0 Å². The van der Waals surface area contributed by atoms with Gasteiger partial charge in [-0.3, -0.25) is 13.8 Å². The molecule has 104 valence electrons. The van der Waals surface area contributed by atoms with Gasteiger partial charge >= 0.3 is 19.8 Å². The van der Waals surface area contributed by atoms with Gasteiger partial charge in [0.1, 0.15) is 12.2 Å². The summed E-state index contributed by atoms with van der Waals surface area (Å²) in [7, 11) is 0.633. The summed E-state index contributed by atoms with van der Waals surface area (Å²) in [6.07, 6.45) is 0.434. The molecule has 0 rings (SSSR count). The zero-order valence-electron chi connectivity index (χ0n) is 10.5. The highest BCUT2D eigenvalue weighted by atomic mass is 31.2. The van der Waals surface area contributed by atoms with Crippen LogP contribution in [0, 0.1) is 0 Å². The fraction of sp³-hybridized carbons (Fsp3) is 0.556. The maximum absolute atomic E-state index is 11.7. The minimum absolute atomic E-state index is 0.249. The van der Waals surface area contributed by atoms with Crippen molar-refractivity contribution in [1.29, 1.82) is 0 Å². The predicted molar refractivity (Wildman–Crippen MR) is 59.4 cm³/mol. The standard InChI is InChI=1S/C9H15O8P/c1-13-8(10)5-7(6-9(11)14-2)17-18(12,15-3)16-4/h5H,6H2,1-4H3. The van der Waals surface area contributed by atoms with Crippen LogP contribution in [0.2, 0.25) is 0 Å². The lowest BCUT2D eigenvalue weighted by Crippen LogP contribution is -2.07. The molecular weight excluding hydrogens is 267 g/mol. The van der Waals surface area contributed by atoms with Crippen molar-refractivity contribution >= 4 is 19.8 Å². The van der Waals surface area contributed by atoms with Gasteiger partial charge in [0.25, 0.3) is 0 Å². The van der Waals surface area contributed by atoms with Gasteiger partial charge in [-0.05, 0) is 0 Å². The Balaban J connectivity index is 4.99. The minimum atomic E-state index is -3.85. The molecule has 0 atom stereocenters. The smallest absolute Gasteiger partial charge is 0.469 e. The molecule has 0 amide bonds. The van der Waals surface area contributed by atoms with E-state index in [1.54, 1.807) is 0 Å². The van der Waals surface area contributed by atoms with Gasteiger partial charge in [-0.2, -0.15) is 0 Å². The number of carbonyl (C=O) groups excluding carboxylic acids is 2. The van der Waals surface area contributed by atoms with Gasteiger partial charge in [0.15, 0.2) is 0 Å². The Bertz CT molecular complexity index is 367. The molecule has 0 radical (unpaired) electrons. The molecule has 0 saturated carbocycles. The number of phosphoric ester groups is 1. The average Bonchev–Trinajstić information content (AvgIpc) is 2.37. The molecule has 0 spiro atoms. The third kappa shape index (κ3) is 5.81. The number of hydrogen-bond acceptors (Lipinski definition) is 8. The number of carbonyl (C=O) groups is 2. The van der Waals surface area contributed by atoms with E-state index in [1.165, 1.54) is 0 Å². The van der Waals surface area contributed by atoms with Crippen molar-refractivity contribution in [3.8, 4) is 0 Å². The lowest BCUT2D eigenvalue weighted by atomic mass is 10.3. The number of rotatable bonds is 7. The lowest BCUT2D eigenvalue weighted by Gasteiger charge is -2.15. The third-order valence-corrected chi connectivity index (χ3v) is 3.06. The maximum atomic E-state index is 11.7. The van der Waals surface area contributed by atoms with Crippen molar-refractivity contribution < 1.29 is 37.2 Å². The summed E-state index contributed by atoms with van der Waals surface area (Å²) in [6, 6.07) is 0. The highest BCUT2D eigenvalue weighted by Crippen LogP contribution is 2.50. The van der Waals surface area contributed by atoms with E-state index in [9.17, 15) is 14.2 Å². The summed E-state index contributed by atoms with van der Waals surface area (Å²) in [5.74, 6) is -1.72. The van der Waals surface area contributed by atoms with E-state index in [0.717, 1.165) is 34.5 Å². The van der Waals surface area contributed by atoms with Gasteiger partial charge in [0.2, 0.25) is 0 Å². The second-order valence-corrected chi connectivity index (χ2v) is 4.60. The molecule has 0 fully saturated rings. The fourth-order valence-corrected chi connectivity index (χ4v) is 1.51. The van der Waals surface area contributed by atoms with Crippen molar-refractivity contribution in [2.45, 2.75) is 6.42 Å². The Morgan fingerprint density at radius 3 is 2.00 bits per heavy atom. The highest BCUT2D eigenvalue weighted by molar-refractivity contribution is 7.48. The summed E-state index contributed by atoms with van der Waals surface area (Å²) in [6.45, 7) is 0. The first kappa shape index (κ1) is 16.6. The first-order valence-electron chi connectivity index (χ1n) is 4.67. The molecular formula is C9H15O8P. The molecule has 0 aliphatic heterocycles. The maximum Gasteiger partial charge on any atom is 0.529 e. The average molecular weight is 282 g/mol. The van der Waals surface area contributed by atoms with Crippen molar-refractivity contribution in [1.82, 2.24) is 0 Å². The van der Waals surface area contributed by atoms with E-state index in [-0.39, 0.29) is 5.76 Å². The minimum Gasteiger partial charge on any atom is -0.469 e. The van der Waals surface area contributed by atoms with Gasteiger partial charge in [-0.1, -0.05) is 0 Å². The van der Waals surface area contributed by atoms with Crippen LogP contribution in [0.3, 0.4) is 0 Å². The second kappa shape index (κ2) is 7.86. The molecule has 0 aromatic carbocycles. The summed E-state index contributed by atoms with van der Waals surface area (Å²) < 4.78 is 34.3. The first-order chi connectivity index (χ1) is 8.40. The Morgan fingerprint density at radius 2 is 1.61 bits per heavy atom. The fourth-order valence-electron chi connectivity index (χ4n) is 0.807. The van der Waals surface area contributed by atoms with E-state index < -0.39 is 26.2 Å². The van der Waals surface area contributed by atoms with Crippen molar-refractivity contribution in [3.05, 3.63) is 11.8 Å². The van der Waals surface area contributed by atoms with Gasteiger partial charge in [-0.25, -0.2) is 9.36 Å². The van der Waals surface area contributed by atoms with Crippen LogP contribution in [0.4, 0.5) is 0 Å². The van der Waals surface area contributed by atoms with Crippen LogP contribution in [0.15, 0.2) is 11.8 Å². The molecule has 0 aliphatic rings. The van der Waals surface area contributed by atoms with Crippen LogP contribution >= 0.6 is 7.82 Å². The largest absolute Gasteiger partial charge is 0.529 e. The predicted octanol–water partition coefficient (Wildman–Crippen LogP) is 1.02. The number of ether oxygens (including phenoxy) is 2. The molecule has 0 aliphatic carbocycles. The molecule has 0 unspecified atom stereocenters. The van der Waals surface area contributed by atoms with Gasteiger partial charge in [0.05, 0.1) is 20.3 Å². The number of phosphoric acid groups is 1. The van der Waals surface area contributed by atoms with Crippen LogP contribution in [0.1, 0.15) is 6.42 Å². The topological polar surface area (TPSA) is 97.4 Å². The van der Waals surface area contributed by atoms with Crippen LogP contribution in [0.5, 0.6) is 0 Å². The Morgan fingerprint density at radius 1 is 1.06 bits per heavy atom. The molecule has 0 heterocycles. The van der Waals surface area contributed by atoms with Crippen molar-refractivity contribution in [3.63, 3.8) is 0 Å². The van der Waals surface area contributed by atoms with Gasteiger partial charge in [-0.15, -0.1) is 0 Å². The Kier molecular flexibility index (Phi) is 7.26. The molecule has 9 heteroatoms. The van der Waals surface area contributed by atoms with E-state index in [0.29, 0.717) is 0 Å². The Labute approximate surface area is 104 Å². The summed E-state index contributed by atoms with van der Waals surface area (Å²) >= 11 is 0. The SMILES string of the molecule is COC(=O)C=C(CC(=O)OC)OP(=O)(OC)OC. The monoisotopic (exact) mass is 282 g/mol. The van der Waals surface area contributed by atoms with Crippen LogP contribution in [-0.2, 0) is 37.2 Å². The normalized spacial score (nSPS) is 11.9. The number of methoxy groups -OCH3 is 2. The summed E-state index contributed by atoms with van der Waals surface area (Å²) in [5, 5.41) is 0. The zero-order chi connectivity index (χ0) is 14.2. The lowest BCUT2D eigenvalue weighted by molar-refractivity contribution is -0.140. The Hall–Kier alpha value is -1.37. The van der Waals surface area contributed by atoms with E-state index in [4.69, 9.17) is 4.52 Å². The zero-order valence-corrected chi connectivity index (χ0v) is 11.4. The molecule has 0 aromatic rings. The van der Waals surface area contributed by atoms with Gasteiger partial charge in [0, 0.05) is 14.2 Å². The first-order valence-corrected chi connectivity index (χ1v) is 6.13. The molecule has 0 saturated heterocycles. The summed E-state index contributed by atoms with van der Waals surface area (Å²) in [4.78, 5) is 22.1. The van der Waals surface area contributed by atoms with Crippen molar-refractivity contribution in [2.24, 2.45) is 0 Å². The molecule has 0 bridgehead atoms. The summed E-state index contributed by atoms with van der Waals surface area (Å²) in [5.41, 5.74) is 0. The quantitative estimate of drug-likeness (QED) is 0.295. The number of esters is 2. The molecule has 18 heavy (non-hydrogen) atoms. The molecule has 0 aromatic heterocycles. The van der Waals surface area contributed by atoms with Crippen LogP contribution in [0.25, 0.3) is 0 Å². The molecule has 0 N–H and O–H groups in total. The second-order valence-electron chi connectivity index (χ2n) is 2.79. The van der Waals surface area contributed by atoms with E-state index >= 15 is 0 Å². The highest BCUT2D eigenvalue weighted by Gasteiger charge is 2.27. The third-order valence-electron chi connectivity index (χ3n) is 1.70. The van der Waals surface area contributed by atoms with Crippen molar-refractivity contribution in [2.75, 3.05) is 28.4 Å².